The van der Waals surface area contributed by atoms with Crippen molar-refractivity contribution in [2.45, 2.75) is 11.5 Å². The van der Waals surface area contributed by atoms with Gasteiger partial charge in [0.1, 0.15) is 18.1 Å². The Labute approximate surface area is 147 Å². The second-order valence-electron chi connectivity index (χ2n) is 4.78. The first-order valence-corrected chi connectivity index (χ1v) is 9.03. The highest BCUT2D eigenvalue weighted by atomic mass is 32.2. The quantitative estimate of drug-likeness (QED) is 0.463. The van der Waals surface area contributed by atoms with Crippen molar-refractivity contribution in [2.24, 2.45) is 0 Å². The van der Waals surface area contributed by atoms with Crippen LogP contribution in [0.1, 0.15) is 5.69 Å². The highest BCUT2D eigenvalue weighted by Crippen LogP contribution is 2.25. The minimum atomic E-state index is -0.295. The van der Waals surface area contributed by atoms with Crippen LogP contribution in [0, 0.1) is 0 Å². The number of ether oxygens (including phenoxy) is 2. The fourth-order valence-corrected chi connectivity index (χ4v) is 3.29. The maximum atomic E-state index is 11.8. The van der Waals surface area contributed by atoms with Crippen LogP contribution in [-0.2, 0) is 16.1 Å². The van der Waals surface area contributed by atoms with Crippen LogP contribution >= 0.6 is 23.1 Å². The van der Waals surface area contributed by atoms with Crippen molar-refractivity contribution in [3.8, 4) is 16.4 Å². The average Bonchev–Trinajstić information content (AvgIpc) is 3.29. The molecule has 3 rings (SSSR count). The average molecular weight is 361 g/mol. The standard InChI is InChI=1S/C17H15NO4S2/c1-20-13-4-6-14(7-5-13)24-11-17(19)21-10-12-9-15(22-18-12)16-3-2-8-23-16/h2-9H,10-11H2,1H3. The number of hydrogen-bond donors (Lipinski definition) is 0. The molecule has 0 aliphatic rings. The summed E-state index contributed by atoms with van der Waals surface area (Å²) in [5, 5.41) is 5.88. The minimum absolute atomic E-state index is 0.108. The zero-order chi connectivity index (χ0) is 16.8. The molecule has 0 spiro atoms. The lowest BCUT2D eigenvalue weighted by molar-refractivity contribution is -0.141. The molecule has 0 aliphatic carbocycles. The molecule has 5 nitrogen and oxygen atoms in total. The Morgan fingerprint density at radius 1 is 1.29 bits per heavy atom. The topological polar surface area (TPSA) is 61.6 Å². The number of rotatable bonds is 7. The number of carbonyl (C=O) groups excluding carboxylic acids is 1. The number of carbonyl (C=O) groups is 1. The van der Waals surface area contributed by atoms with E-state index in [0.29, 0.717) is 11.5 Å². The molecule has 0 aliphatic heterocycles. The molecule has 0 atom stereocenters. The first-order valence-electron chi connectivity index (χ1n) is 7.16. The Hall–Kier alpha value is -2.25. The fourth-order valence-electron chi connectivity index (χ4n) is 1.93. The third-order valence-electron chi connectivity index (χ3n) is 3.12. The second-order valence-corrected chi connectivity index (χ2v) is 6.78. The Morgan fingerprint density at radius 2 is 2.12 bits per heavy atom. The van der Waals surface area contributed by atoms with Crippen molar-refractivity contribution in [3.63, 3.8) is 0 Å². The van der Waals surface area contributed by atoms with Crippen molar-refractivity contribution in [1.82, 2.24) is 5.16 Å². The number of thioether (sulfide) groups is 1. The summed E-state index contributed by atoms with van der Waals surface area (Å²) in [6, 6.07) is 13.2. The first-order chi connectivity index (χ1) is 11.7. The molecular formula is C17H15NO4S2. The van der Waals surface area contributed by atoms with Crippen molar-refractivity contribution in [1.29, 1.82) is 0 Å². The number of aromatic nitrogens is 1. The molecule has 124 valence electrons. The molecule has 0 saturated heterocycles. The van der Waals surface area contributed by atoms with E-state index in [1.165, 1.54) is 11.8 Å². The van der Waals surface area contributed by atoms with Crippen LogP contribution in [-0.4, -0.2) is 24.0 Å². The molecule has 0 saturated carbocycles. The van der Waals surface area contributed by atoms with E-state index in [9.17, 15) is 4.79 Å². The van der Waals surface area contributed by atoms with Crippen LogP contribution < -0.4 is 4.74 Å². The smallest absolute Gasteiger partial charge is 0.316 e. The lowest BCUT2D eigenvalue weighted by atomic mass is 10.3. The van der Waals surface area contributed by atoms with E-state index in [1.54, 1.807) is 24.5 Å². The maximum Gasteiger partial charge on any atom is 0.316 e. The van der Waals surface area contributed by atoms with Gasteiger partial charge in [0.05, 0.1) is 17.7 Å². The van der Waals surface area contributed by atoms with E-state index >= 15 is 0 Å². The normalized spacial score (nSPS) is 10.5. The minimum Gasteiger partial charge on any atom is -0.497 e. The molecule has 24 heavy (non-hydrogen) atoms. The van der Waals surface area contributed by atoms with Crippen molar-refractivity contribution in [2.75, 3.05) is 12.9 Å². The molecule has 0 radical (unpaired) electrons. The molecule has 3 aromatic rings. The van der Waals surface area contributed by atoms with Gasteiger partial charge in [0.2, 0.25) is 0 Å². The summed E-state index contributed by atoms with van der Waals surface area (Å²) in [5.41, 5.74) is 0.598. The molecule has 0 bridgehead atoms. The van der Waals surface area contributed by atoms with Gasteiger partial charge in [-0.1, -0.05) is 11.2 Å². The van der Waals surface area contributed by atoms with Gasteiger partial charge in [-0.3, -0.25) is 4.79 Å². The van der Waals surface area contributed by atoms with Gasteiger partial charge < -0.3 is 14.0 Å². The predicted octanol–water partition coefficient (Wildman–Crippen LogP) is 4.25. The van der Waals surface area contributed by atoms with Gasteiger partial charge >= 0.3 is 5.97 Å². The Kier molecular flexibility index (Phi) is 5.55. The number of nitrogens with zero attached hydrogens (tertiary/aromatic N) is 1. The molecule has 2 heterocycles. The van der Waals surface area contributed by atoms with Crippen molar-refractivity contribution < 1.29 is 18.8 Å². The third-order valence-corrected chi connectivity index (χ3v) is 4.99. The van der Waals surface area contributed by atoms with Crippen LogP contribution in [0.25, 0.3) is 10.6 Å². The highest BCUT2D eigenvalue weighted by Gasteiger charge is 2.10. The Bertz CT molecular complexity index is 781. The molecule has 0 fully saturated rings. The zero-order valence-electron chi connectivity index (χ0n) is 12.9. The third kappa shape index (κ3) is 4.39. The van der Waals surface area contributed by atoms with Crippen LogP contribution in [0.2, 0.25) is 0 Å². The summed E-state index contributed by atoms with van der Waals surface area (Å²) >= 11 is 2.98. The van der Waals surface area contributed by atoms with Gasteiger partial charge in [-0.15, -0.1) is 23.1 Å². The van der Waals surface area contributed by atoms with Gasteiger partial charge in [-0.05, 0) is 35.7 Å². The number of hydrogen-bond acceptors (Lipinski definition) is 7. The number of methoxy groups -OCH3 is 1. The number of benzene rings is 1. The first kappa shape index (κ1) is 16.6. The monoisotopic (exact) mass is 361 g/mol. The lowest BCUT2D eigenvalue weighted by Crippen LogP contribution is -2.07. The van der Waals surface area contributed by atoms with Crippen molar-refractivity contribution >= 4 is 29.1 Å². The fraction of sp³-hybridized carbons (Fsp3) is 0.176. The summed E-state index contributed by atoms with van der Waals surface area (Å²) in [5.74, 6) is 1.41. The molecule has 0 N–H and O–H groups in total. The van der Waals surface area contributed by atoms with Gasteiger partial charge in [0.25, 0.3) is 0 Å². The zero-order valence-corrected chi connectivity index (χ0v) is 14.6. The molecule has 0 amide bonds. The number of thiophene rings is 1. The summed E-state index contributed by atoms with van der Waals surface area (Å²) < 4.78 is 15.6. The van der Waals surface area contributed by atoms with Gasteiger partial charge in [0, 0.05) is 11.0 Å². The van der Waals surface area contributed by atoms with Crippen LogP contribution in [0.4, 0.5) is 0 Å². The molecule has 7 heteroatoms. The van der Waals surface area contributed by atoms with Gasteiger partial charge in [-0.2, -0.15) is 0 Å². The number of esters is 1. The van der Waals surface area contributed by atoms with Crippen molar-refractivity contribution in [3.05, 3.63) is 53.5 Å². The lowest BCUT2D eigenvalue weighted by Gasteiger charge is -2.04. The Morgan fingerprint density at radius 3 is 2.83 bits per heavy atom. The van der Waals surface area contributed by atoms with E-state index in [4.69, 9.17) is 14.0 Å². The van der Waals surface area contributed by atoms with E-state index in [1.807, 2.05) is 41.8 Å². The Balaban J connectivity index is 1.45. The largest absolute Gasteiger partial charge is 0.497 e. The molecule has 0 unspecified atom stereocenters. The second kappa shape index (κ2) is 8.03. The van der Waals surface area contributed by atoms with E-state index in [2.05, 4.69) is 5.16 Å². The summed E-state index contributed by atoms with van der Waals surface area (Å²) in [6.45, 7) is 0.108. The highest BCUT2D eigenvalue weighted by molar-refractivity contribution is 8.00. The van der Waals surface area contributed by atoms with Crippen LogP contribution in [0.5, 0.6) is 5.75 Å². The van der Waals surface area contributed by atoms with E-state index < -0.39 is 0 Å². The SMILES string of the molecule is COc1ccc(SCC(=O)OCc2cc(-c3cccs3)on2)cc1. The van der Waals surface area contributed by atoms with E-state index in [-0.39, 0.29) is 18.3 Å². The van der Waals surface area contributed by atoms with Crippen LogP contribution in [0.3, 0.4) is 0 Å². The molecular weight excluding hydrogens is 346 g/mol. The summed E-state index contributed by atoms with van der Waals surface area (Å²) in [7, 11) is 1.62. The molecule has 1 aromatic carbocycles. The molecule has 2 aromatic heterocycles. The van der Waals surface area contributed by atoms with E-state index in [0.717, 1.165) is 15.5 Å². The summed E-state index contributed by atoms with van der Waals surface area (Å²) in [4.78, 5) is 13.8. The summed E-state index contributed by atoms with van der Waals surface area (Å²) in [6.07, 6.45) is 0. The van der Waals surface area contributed by atoms with Gasteiger partial charge in [-0.25, -0.2) is 0 Å². The van der Waals surface area contributed by atoms with Crippen LogP contribution in [0.15, 0.2) is 57.3 Å². The van der Waals surface area contributed by atoms with Gasteiger partial charge in [0.15, 0.2) is 5.76 Å². The predicted molar refractivity (Wildman–Crippen MR) is 93.3 cm³/mol. The maximum absolute atomic E-state index is 11.8.